The van der Waals surface area contributed by atoms with Gasteiger partial charge in [-0.05, 0) is 38.5 Å². The number of carbonyl (C=O) groups is 2. The molecule has 1 heterocycles. The zero-order valence-corrected chi connectivity index (χ0v) is 13.7. The minimum Gasteiger partial charge on any atom is -0.452 e. The SMILES string of the molecule is CCCCNC(=O)COC(=O)c1ccc2nc(C)c(C)nc2c1. The lowest BCUT2D eigenvalue weighted by molar-refractivity contribution is -0.124. The fourth-order valence-electron chi connectivity index (χ4n) is 2.03. The zero-order valence-electron chi connectivity index (χ0n) is 13.7. The van der Waals surface area contributed by atoms with Crippen molar-refractivity contribution in [1.82, 2.24) is 15.3 Å². The molecular formula is C17H21N3O3. The smallest absolute Gasteiger partial charge is 0.338 e. The molecule has 1 aromatic heterocycles. The maximum absolute atomic E-state index is 12.0. The number of rotatable bonds is 6. The molecule has 0 spiro atoms. The van der Waals surface area contributed by atoms with E-state index in [1.54, 1.807) is 18.2 Å². The van der Waals surface area contributed by atoms with E-state index in [-0.39, 0.29) is 12.5 Å². The van der Waals surface area contributed by atoms with Crippen molar-refractivity contribution in [1.29, 1.82) is 0 Å². The summed E-state index contributed by atoms with van der Waals surface area (Å²) in [5, 5.41) is 2.70. The Labute approximate surface area is 135 Å². The molecule has 0 aliphatic heterocycles. The van der Waals surface area contributed by atoms with Crippen molar-refractivity contribution >= 4 is 22.9 Å². The van der Waals surface area contributed by atoms with E-state index in [4.69, 9.17) is 4.74 Å². The molecule has 0 saturated heterocycles. The lowest BCUT2D eigenvalue weighted by Crippen LogP contribution is -2.29. The van der Waals surface area contributed by atoms with Crippen LogP contribution in [-0.4, -0.2) is 35.0 Å². The van der Waals surface area contributed by atoms with Crippen molar-refractivity contribution in [3.8, 4) is 0 Å². The van der Waals surface area contributed by atoms with Crippen molar-refractivity contribution in [3.05, 3.63) is 35.2 Å². The molecule has 0 unspecified atom stereocenters. The third kappa shape index (κ3) is 4.48. The van der Waals surface area contributed by atoms with E-state index < -0.39 is 5.97 Å². The van der Waals surface area contributed by atoms with Crippen LogP contribution in [0.5, 0.6) is 0 Å². The van der Waals surface area contributed by atoms with Crippen LogP contribution in [0.1, 0.15) is 41.5 Å². The van der Waals surface area contributed by atoms with Gasteiger partial charge in [0, 0.05) is 6.54 Å². The molecule has 0 aliphatic carbocycles. The Kier molecular flexibility index (Phi) is 5.62. The number of aryl methyl sites for hydroxylation is 2. The van der Waals surface area contributed by atoms with Crippen LogP contribution in [0.25, 0.3) is 11.0 Å². The topological polar surface area (TPSA) is 81.2 Å². The van der Waals surface area contributed by atoms with Gasteiger partial charge in [-0.3, -0.25) is 4.79 Å². The standard InChI is InChI=1S/C17H21N3O3/c1-4-5-8-18-16(21)10-23-17(22)13-6-7-14-15(9-13)20-12(3)11(2)19-14/h6-7,9H,4-5,8,10H2,1-3H3,(H,18,21). The van der Waals surface area contributed by atoms with Crippen molar-refractivity contribution in [3.63, 3.8) is 0 Å². The van der Waals surface area contributed by atoms with E-state index in [0.717, 1.165) is 29.7 Å². The van der Waals surface area contributed by atoms with Crippen LogP contribution in [0, 0.1) is 13.8 Å². The quantitative estimate of drug-likeness (QED) is 0.653. The van der Waals surface area contributed by atoms with Gasteiger partial charge in [-0.15, -0.1) is 0 Å². The van der Waals surface area contributed by atoms with Crippen molar-refractivity contribution in [2.75, 3.05) is 13.2 Å². The van der Waals surface area contributed by atoms with E-state index in [0.29, 0.717) is 17.6 Å². The monoisotopic (exact) mass is 315 g/mol. The minimum absolute atomic E-state index is 0.279. The van der Waals surface area contributed by atoms with Crippen LogP contribution in [0.2, 0.25) is 0 Å². The third-order valence-electron chi connectivity index (χ3n) is 3.50. The Morgan fingerprint density at radius 1 is 1.13 bits per heavy atom. The number of hydrogen-bond acceptors (Lipinski definition) is 5. The van der Waals surface area contributed by atoms with Crippen LogP contribution in [0.15, 0.2) is 18.2 Å². The third-order valence-corrected chi connectivity index (χ3v) is 3.50. The molecule has 23 heavy (non-hydrogen) atoms. The fraction of sp³-hybridized carbons (Fsp3) is 0.412. The number of amides is 1. The van der Waals surface area contributed by atoms with Crippen LogP contribution < -0.4 is 5.32 Å². The molecule has 6 heteroatoms. The Bertz CT molecular complexity index is 728. The highest BCUT2D eigenvalue weighted by molar-refractivity contribution is 5.94. The molecule has 0 bridgehead atoms. The first-order chi connectivity index (χ1) is 11.0. The predicted molar refractivity (Wildman–Crippen MR) is 87.2 cm³/mol. The maximum Gasteiger partial charge on any atom is 0.338 e. The summed E-state index contributed by atoms with van der Waals surface area (Å²) < 4.78 is 5.02. The summed E-state index contributed by atoms with van der Waals surface area (Å²) >= 11 is 0. The molecule has 0 atom stereocenters. The van der Waals surface area contributed by atoms with Crippen LogP contribution in [0.3, 0.4) is 0 Å². The Balaban J connectivity index is 2.01. The molecular weight excluding hydrogens is 294 g/mol. The van der Waals surface area contributed by atoms with E-state index in [9.17, 15) is 9.59 Å². The second-order valence-electron chi connectivity index (χ2n) is 5.38. The van der Waals surface area contributed by atoms with Gasteiger partial charge in [-0.2, -0.15) is 0 Å². The average molecular weight is 315 g/mol. The first kappa shape index (κ1) is 16.9. The molecule has 1 amide bonds. The summed E-state index contributed by atoms with van der Waals surface area (Å²) in [5.41, 5.74) is 3.39. The second-order valence-corrected chi connectivity index (χ2v) is 5.38. The normalized spacial score (nSPS) is 10.6. The van der Waals surface area contributed by atoms with E-state index in [2.05, 4.69) is 15.3 Å². The van der Waals surface area contributed by atoms with E-state index in [1.165, 1.54) is 0 Å². The highest BCUT2D eigenvalue weighted by atomic mass is 16.5. The Morgan fingerprint density at radius 3 is 2.52 bits per heavy atom. The van der Waals surface area contributed by atoms with Gasteiger partial charge in [0.1, 0.15) is 0 Å². The van der Waals surface area contributed by atoms with Gasteiger partial charge in [0.15, 0.2) is 6.61 Å². The number of esters is 1. The summed E-state index contributed by atoms with van der Waals surface area (Å²) in [5.74, 6) is -0.837. The first-order valence-electron chi connectivity index (χ1n) is 7.70. The molecule has 2 aromatic rings. The lowest BCUT2D eigenvalue weighted by atomic mass is 10.2. The summed E-state index contributed by atoms with van der Waals surface area (Å²) in [6, 6.07) is 4.99. The minimum atomic E-state index is -0.544. The van der Waals surface area contributed by atoms with Gasteiger partial charge in [0.2, 0.25) is 0 Å². The van der Waals surface area contributed by atoms with Crippen molar-refractivity contribution in [2.45, 2.75) is 33.6 Å². The highest BCUT2D eigenvalue weighted by Gasteiger charge is 2.12. The predicted octanol–water partition coefficient (Wildman–Crippen LogP) is 2.32. The molecule has 1 aromatic carbocycles. The number of unbranched alkanes of at least 4 members (excludes halogenated alkanes) is 1. The van der Waals surface area contributed by atoms with Crippen molar-refractivity contribution in [2.24, 2.45) is 0 Å². The number of nitrogens with one attached hydrogen (secondary N) is 1. The molecule has 0 saturated carbocycles. The highest BCUT2D eigenvalue weighted by Crippen LogP contribution is 2.15. The number of benzene rings is 1. The molecule has 0 fully saturated rings. The Morgan fingerprint density at radius 2 is 1.83 bits per heavy atom. The summed E-state index contributed by atoms with van der Waals surface area (Å²) in [7, 11) is 0. The summed E-state index contributed by atoms with van der Waals surface area (Å²) in [4.78, 5) is 32.4. The number of ether oxygens (including phenoxy) is 1. The first-order valence-corrected chi connectivity index (χ1v) is 7.70. The molecule has 0 radical (unpaired) electrons. The molecule has 1 N–H and O–H groups in total. The van der Waals surface area contributed by atoms with Gasteiger partial charge in [0.05, 0.1) is 28.0 Å². The zero-order chi connectivity index (χ0) is 16.8. The number of nitrogens with zero attached hydrogens (tertiary/aromatic N) is 2. The summed E-state index contributed by atoms with van der Waals surface area (Å²) in [6.45, 7) is 6.11. The van der Waals surface area contributed by atoms with E-state index >= 15 is 0 Å². The lowest BCUT2D eigenvalue weighted by Gasteiger charge is -2.07. The molecule has 6 nitrogen and oxygen atoms in total. The van der Waals surface area contributed by atoms with Crippen molar-refractivity contribution < 1.29 is 14.3 Å². The number of carbonyl (C=O) groups excluding carboxylic acids is 2. The van der Waals surface area contributed by atoms with Crippen LogP contribution >= 0.6 is 0 Å². The van der Waals surface area contributed by atoms with E-state index in [1.807, 2.05) is 20.8 Å². The van der Waals surface area contributed by atoms with Crippen LogP contribution in [0.4, 0.5) is 0 Å². The van der Waals surface area contributed by atoms with Gasteiger partial charge in [-0.1, -0.05) is 13.3 Å². The number of fused-ring (bicyclic) bond motifs is 1. The van der Waals surface area contributed by atoms with Crippen LogP contribution in [-0.2, 0) is 9.53 Å². The summed E-state index contributed by atoms with van der Waals surface area (Å²) in [6.07, 6.45) is 1.90. The van der Waals surface area contributed by atoms with Gasteiger partial charge >= 0.3 is 5.97 Å². The number of hydrogen-bond donors (Lipinski definition) is 1. The van der Waals surface area contributed by atoms with Gasteiger partial charge in [0.25, 0.3) is 5.91 Å². The maximum atomic E-state index is 12.0. The molecule has 122 valence electrons. The Hall–Kier alpha value is -2.50. The second kappa shape index (κ2) is 7.67. The molecule has 2 rings (SSSR count). The largest absolute Gasteiger partial charge is 0.452 e. The molecule has 0 aliphatic rings. The van der Waals surface area contributed by atoms with Gasteiger partial charge < -0.3 is 10.1 Å². The number of aromatic nitrogens is 2. The average Bonchev–Trinajstić information content (AvgIpc) is 2.53. The fourth-order valence-corrected chi connectivity index (χ4v) is 2.03. The van der Waals surface area contributed by atoms with Gasteiger partial charge in [-0.25, -0.2) is 14.8 Å².